The summed E-state index contributed by atoms with van der Waals surface area (Å²) in [6, 6.07) is 10.6. The van der Waals surface area contributed by atoms with E-state index in [0.29, 0.717) is 5.25 Å². The van der Waals surface area contributed by atoms with Crippen LogP contribution in [0.1, 0.15) is 32.8 Å². The summed E-state index contributed by atoms with van der Waals surface area (Å²) < 4.78 is 0. The third-order valence-corrected chi connectivity index (χ3v) is 4.63. The van der Waals surface area contributed by atoms with Crippen LogP contribution in [0.4, 0.5) is 5.82 Å². The van der Waals surface area contributed by atoms with Crippen LogP contribution >= 0.6 is 11.8 Å². The summed E-state index contributed by atoms with van der Waals surface area (Å²) in [6.07, 6.45) is 1.21. The molecule has 0 aliphatic rings. The maximum absolute atomic E-state index is 4.74. The highest BCUT2D eigenvalue weighted by Crippen LogP contribution is 2.27. The predicted molar refractivity (Wildman–Crippen MR) is 87.0 cm³/mol. The molecular formula is C16H22N2S. The summed E-state index contributed by atoms with van der Waals surface area (Å²) in [7, 11) is 0. The summed E-state index contributed by atoms with van der Waals surface area (Å²) >= 11 is 2.00. The van der Waals surface area contributed by atoms with Crippen LogP contribution in [0.2, 0.25) is 0 Å². The highest BCUT2D eigenvalue weighted by Gasteiger charge is 2.08. The number of nitrogens with zero attached hydrogens (tertiary/aromatic N) is 1. The number of pyridine rings is 1. The molecule has 1 unspecified atom stereocenters. The molecule has 0 radical (unpaired) electrons. The minimum Gasteiger partial charge on any atom is -0.370 e. The largest absolute Gasteiger partial charge is 0.370 e. The Morgan fingerprint density at radius 2 is 2.05 bits per heavy atom. The van der Waals surface area contributed by atoms with E-state index in [1.807, 2.05) is 17.8 Å². The molecule has 0 saturated carbocycles. The van der Waals surface area contributed by atoms with Crippen molar-refractivity contribution in [1.82, 2.24) is 4.98 Å². The molecule has 0 bridgehead atoms. The van der Waals surface area contributed by atoms with Gasteiger partial charge in [-0.3, -0.25) is 0 Å². The molecule has 0 saturated heterocycles. The van der Waals surface area contributed by atoms with E-state index in [2.05, 4.69) is 50.4 Å². The van der Waals surface area contributed by atoms with Crippen molar-refractivity contribution in [2.75, 3.05) is 11.9 Å². The highest BCUT2D eigenvalue weighted by atomic mass is 32.2. The Morgan fingerprint density at radius 3 is 2.79 bits per heavy atom. The maximum atomic E-state index is 4.74. The van der Waals surface area contributed by atoms with Crippen LogP contribution in [0.5, 0.6) is 0 Å². The molecular weight excluding hydrogens is 252 g/mol. The van der Waals surface area contributed by atoms with Gasteiger partial charge in [0.05, 0.1) is 5.52 Å². The SMILES string of the molecule is CCNc1nc2ccccc2cc1CSC(C)CC. The molecule has 19 heavy (non-hydrogen) atoms. The number of para-hydroxylation sites is 1. The van der Waals surface area contributed by atoms with Gasteiger partial charge in [0.1, 0.15) is 5.82 Å². The Kier molecular flexibility index (Phi) is 5.08. The van der Waals surface area contributed by atoms with Crippen molar-refractivity contribution in [2.24, 2.45) is 0 Å². The standard InChI is InChI=1S/C16H22N2S/c1-4-12(3)19-11-14-10-13-8-6-7-9-15(13)18-16(14)17-5-2/h6-10,12H,4-5,11H2,1-3H3,(H,17,18). The molecule has 1 aromatic heterocycles. The third kappa shape index (κ3) is 3.63. The van der Waals surface area contributed by atoms with Crippen LogP contribution in [-0.2, 0) is 5.75 Å². The van der Waals surface area contributed by atoms with Crippen molar-refractivity contribution in [1.29, 1.82) is 0 Å². The number of thioether (sulfide) groups is 1. The summed E-state index contributed by atoms with van der Waals surface area (Å²) in [4.78, 5) is 4.74. The molecule has 1 aromatic carbocycles. The van der Waals surface area contributed by atoms with Gasteiger partial charge in [0.2, 0.25) is 0 Å². The first-order valence-corrected chi connectivity index (χ1v) is 8.03. The van der Waals surface area contributed by atoms with Crippen molar-refractivity contribution in [2.45, 2.75) is 38.2 Å². The van der Waals surface area contributed by atoms with E-state index in [-0.39, 0.29) is 0 Å². The summed E-state index contributed by atoms with van der Waals surface area (Å²) in [5.74, 6) is 2.06. The monoisotopic (exact) mass is 274 g/mol. The Labute approximate surface area is 120 Å². The van der Waals surface area contributed by atoms with E-state index in [1.54, 1.807) is 0 Å². The van der Waals surface area contributed by atoms with Gasteiger partial charge in [-0.05, 0) is 25.5 Å². The van der Waals surface area contributed by atoms with E-state index in [9.17, 15) is 0 Å². The zero-order valence-electron chi connectivity index (χ0n) is 11.9. The first-order chi connectivity index (χ1) is 9.24. The second kappa shape index (κ2) is 6.80. The Balaban J connectivity index is 2.30. The average Bonchev–Trinajstić information content (AvgIpc) is 2.45. The number of anilines is 1. The van der Waals surface area contributed by atoms with Gasteiger partial charge < -0.3 is 5.32 Å². The zero-order valence-corrected chi connectivity index (χ0v) is 12.8. The lowest BCUT2D eigenvalue weighted by molar-refractivity contribution is 0.905. The summed E-state index contributed by atoms with van der Waals surface area (Å²) in [6.45, 7) is 7.54. The molecule has 0 fully saturated rings. The van der Waals surface area contributed by atoms with Gasteiger partial charge in [-0.15, -0.1) is 0 Å². The Morgan fingerprint density at radius 1 is 1.26 bits per heavy atom. The van der Waals surface area contributed by atoms with E-state index in [4.69, 9.17) is 4.98 Å². The summed E-state index contributed by atoms with van der Waals surface area (Å²) in [5.41, 5.74) is 2.38. The van der Waals surface area contributed by atoms with Crippen molar-refractivity contribution in [3.63, 3.8) is 0 Å². The lowest BCUT2D eigenvalue weighted by Crippen LogP contribution is -2.04. The zero-order chi connectivity index (χ0) is 13.7. The van der Waals surface area contributed by atoms with Crippen LogP contribution in [0.25, 0.3) is 10.9 Å². The molecule has 1 N–H and O–H groups in total. The molecule has 0 aliphatic carbocycles. The van der Waals surface area contributed by atoms with Gasteiger partial charge in [-0.25, -0.2) is 4.98 Å². The number of aromatic nitrogens is 1. The normalized spacial score (nSPS) is 12.6. The fourth-order valence-electron chi connectivity index (χ4n) is 1.94. The van der Waals surface area contributed by atoms with Crippen LogP contribution in [0.3, 0.4) is 0 Å². The van der Waals surface area contributed by atoms with Crippen LogP contribution in [0, 0.1) is 0 Å². The predicted octanol–water partition coefficient (Wildman–Crippen LogP) is 4.70. The fraction of sp³-hybridized carbons (Fsp3) is 0.438. The molecule has 0 spiro atoms. The van der Waals surface area contributed by atoms with E-state index in [1.165, 1.54) is 17.4 Å². The first-order valence-electron chi connectivity index (χ1n) is 6.98. The van der Waals surface area contributed by atoms with Gasteiger partial charge in [0, 0.05) is 28.5 Å². The molecule has 2 aromatic rings. The first kappa shape index (κ1) is 14.2. The minimum absolute atomic E-state index is 0.695. The molecule has 0 aliphatic heterocycles. The van der Waals surface area contributed by atoms with Crippen LogP contribution in [0.15, 0.2) is 30.3 Å². The molecule has 102 valence electrons. The average molecular weight is 274 g/mol. The number of nitrogens with one attached hydrogen (secondary N) is 1. The second-order valence-electron chi connectivity index (χ2n) is 4.75. The van der Waals surface area contributed by atoms with Crippen LogP contribution in [-0.4, -0.2) is 16.8 Å². The molecule has 0 amide bonds. The number of benzene rings is 1. The van der Waals surface area contributed by atoms with Gasteiger partial charge in [0.25, 0.3) is 0 Å². The molecule has 3 heteroatoms. The Hall–Kier alpha value is -1.22. The molecule has 1 atom stereocenters. The van der Waals surface area contributed by atoms with Gasteiger partial charge in [0.15, 0.2) is 0 Å². The molecule has 2 nitrogen and oxygen atoms in total. The van der Waals surface area contributed by atoms with E-state index in [0.717, 1.165) is 23.6 Å². The van der Waals surface area contributed by atoms with Crippen molar-refractivity contribution >= 4 is 28.5 Å². The lowest BCUT2D eigenvalue weighted by Gasteiger charge is -2.13. The van der Waals surface area contributed by atoms with Crippen molar-refractivity contribution in [3.8, 4) is 0 Å². The number of fused-ring (bicyclic) bond motifs is 1. The third-order valence-electron chi connectivity index (χ3n) is 3.25. The number of hydrogen-bond acceptors (Lipinski definition) is 3. The summed E-state index contributed by atoms with van der Waals surface area (Å²) in [5, 5.41) is 5.31. The number of rotatable bonds is 6. The lowest BCUT2D eigenvalue weighted by atomic mass is 10.1. The van der Waals surface area contributed by atoms with Gasteiger partial charge >= 0.3 is 0 Å². The quantitative estimate of drug-likeness (QED) is 0.826. The molecule has 2 rings (SSSR count). The van der Waals surface area contributed by atoms with E-state index < -0.39 is 0 Å². The van der Waals surface area contributed by atoms with Crippen molar-refractivity contribution < 1.29 is 0 Å². The van der Waals surface area contributed by atoms with Crippen LogP contribution < -0.4 is 5.32 Å². The fourth-order valence-corrected chi connectivity index (χ4v) is 2.86. The number of hydrogen-bond donors (Lipinski definition) is 1. The molecule has 1 heterocycles. The van der Waals surface area contributed by atoms with E-state index >= 15 is 0 Å². The highest BCUT2D eigenvalue weighted by molar-refractivity contribution is 7.99. The second-order valence-corrected chi connectivity index (χ2v) is 6.18. The van der Waals surface area contributed by atoms with Gasteiger partial charge in [-0.1, -0.05) is 32.0 Å². The topological polar surface area (TPSA) is 24.9 Å². The maximum Gasteiger partial charge on any atom is 0.130 e. The van der Waals surface area contributed by atoms with Gasteiger partial charge in [-0.2, -0.15) is 11.8 Å². The minimum atomic E-state index is 0.695. The Bertz CT molecular complexity index is 539. The smallest absolute Gasteiger partial charge is 0.130 e. The van der Waals surface area contributed by atoms with Crippen molar-refractivity contribution in [3.05, 3.63) is 35.9 Å².